The van der Waals surface area contributed by atoms with E-state index < -0.39 is 18.1 Å². The van der Waals surface area contributed by atoms with Gasteiger partial charge in [0.15, 0.2) is 0 Å². The molecule has 4 N–H and O–H groups in total. The Balaban J connectivity index is 1.68. The fraction of sp³-hybridized carbons (Fsp3) is 0.350. The molecule has 154 valence electrons. The molecule has 3 rings (SSSR count). The van der Waals surface area contributed by atoms with Crippen LogP contribution in [0.15, 0.2) is 35.7 Å². The van der Waals surface area contributed by atoms with E-state index in [-0.39, 0.29) is 18.2 Å². The molecule has 1 aromatic heterocycles. The Bertz CT molecular complexity index is 901. The predicted octanol–water partition coefficient (Wildman–Crippen LogP) is 3.00. The molecule has 0 spiro atoms. The lowest BCUT2D eigenvalue weighted by Gasteiger charge is -2.25. The summed E-state index contributed by atoms with van der Waals surface area (Å²) in [6, 6.07) is 7.70. The van der Waals surface area contributed by atoms with Gasteiger partial charge in [-0.25, -0.2) is 4.79 Å². The number of benzene rings is 1. The lowest BCUT2D eigenvalue weighted by atomic mass is 10.1. The van der Waals surface area contributed by atoms with Crippen LogP contribution in [0.2, 0.25) is 0 Å². The molecule has 4 amide bonds. The Labute approximate surface area is 178 Å². The monoisotopic (exact) mass is 432 g/mol. The lowest BCUT2D eigenvalue weighted by molar-refractivity contribution is -0.136. The van der Waals surface area contributed by atoms with Gasteiger partial charge in [0, 0.05) is 16.3 Å². The van der Waals surface area contributed by atoms with E-state index in [9.17, 15) is 14.4 Å². The van der Waals surface area contributed by atoms with Crippen LogP contribution < -0.4 is 16.4 Å². The number of nitrogens with zero attached hydrogens (tertiary/aromatic N) is 1. The zero-order valence-electron chi connectivity index (χ0n) is 16.3. The fourth-order valence-electron chi connectivity index (χ4n) is 3.13. The molecular formula is C20H24N4O3S2. The van der Waals surface area contributed by atoms with Crippen molar-refractivity contribution in [2.75, 3.05) is 16.9 Å². The molecule has 0 aliphatic carbocycles. The molecule has 0 bridgehead atoms. The summed E-state index contributed by atoms with van der Waals surface area (Å²) in [6.07, 6.45) is 0.0530. The summed E-state index contributed by atoms with van der Waals surface area (Å²) in [5, 5.41) is 7.42. The van der Waals surface area contributed by atoms with Gasteiger partial charge in [-0.1, -0.05) is 12.1 Å². The van der Waals surface area contributed by atoms with Crippen molar-refractivity contribution in [1.29, 1.82) is 0 Å². The first-order valence-corrected chi connectivity index (χ1v) is 11.2. The van der Waals surface area contributed by atoms with Gasteiger partial charge < -0.3 is 21.3 Å². The van der Waals surface area contributed by atoms with Gasteiger partial charge in [-0.3, -0.25) is 9.59 Å². The van der Waals surface area contributed by atoms with Gasteiger partial charge in [0.1, 0.15) is 6.04 Å². The third-order valence-electron chi connectivity index (χ3n) is 4.86. The molecule has 0 radical (unpaired) electrons. The molecule has 1 saturated heterocycles. The maximum Gasteiger partial charge on any atom is 0.312 e. The van der Waals surface area contributed by atoms with E-state index in [0.29, 0.717) is 17.3 Å². The summed E-state index contributed by atoms with van der Waals surface area (Å²) in [6.45, 7) is 4.00. The van der Waals surface area contributed by atoms with E-state index in [4.69, 9.17) is 5.73 Å². The lowest BCUT2D eigenvalue weighted by Crippen LogP contribution is -2.46. The number of urea groups is 1. The van der Waals surface area contributed by atoms with Crippen molar-refractivity contribution < 1.29 is 14.4 Å². The van der Waals surface area contributed by atoms with Crippen molar-refractivity contribution in [2.45, 2.75) is 32.4 Å². The number of carbonyl (C=O) groups is 3. The molecule has 1 aliphatic heterocycles. The van der Waals surface area contributed by atoms with Crippen molar-refractivity contribution in [1.82, 2.24) is 10.2 Å². The highest BCUT2D eigenvalue weighted by Crippen LogP contribution is 2.27. The van der Waals surface area contributed by atoms with Crippen molar-refractivity contribution in [2.24, 2.45) is 5.73 Å². The Morgan fingerprint density at radius 1 is 1.24 bits per heavy atom. The summed E-state index contributed by atoms with van der Waals surface area (Å²) >= 11 is 2.98. The predicted molar refractivity (Wildman–Crippen MR) is 117 cm³/mol. The molecule has 0 saturated carbocycles. The Kier molecular flexibility index (Phi) is 6.81. The second kappa shape index (κ2) is 9.32. The second-order valence-corrected chi connectivity index (χ2v) is 8.93. The van der Waals surface area contributed by atoms with Crippen LogP contribution in [0.4, 0.5) is 10.5 Å². The average Bonchev–Trinajstić information content (AvgIpc) is 3.35. The molecule has 29 heavy (non-hydrogen) atoms. The quantitative estimate of drug-likeness (QED) is 0.653. The van der Waals surface area contributed by atoms with Gasteiger partial charge in [0.2, 0.25) is 11.8 Å². The highest BCUT2D eigenvalue weighted by Gasteiger charge is 2.35. The minimum atomic E-state index is -0.684. The van der Waals surface area contributed by atoms with Crippen LogP contribution in [-0.2, 0) is 9.59 Å². The Hall–Kier alpha value is -2.52. The number of hydrogen-bond donors (Lipinski definition) is 3. The molecule has 2 atom stereocenters. The third kappa shape index (κ3) is 5.30. The number of carbonyl (C=O) groups excluding carboxylic acids is 3. The zero-order chi connectivity index (χ0) is 21.0. The number of primary amides is 1. The van der Waals surface area contributed by atoms with Gasteiger partial charge in [0.25, 0.3) is 0 Å². The number of anilines is 1. The fourth-order valence-corrected chi connectivity index (χ4v) is 5.08. The molecule has 2 aromatic rings. The highest BCUT2D eigenvalue weighted by atomic mass is 32.2. The summed E-state index contributed by atoms with van der Waals surface area (Å²) < 4.78 is 0. The van der Waals surface area contributed by atoms with Crippen LogP contribution >= 0.6 is 23.1 Å². The molecule has 1 aliphatic rings. The molecule has 2 unspecified atom stereocenters. The van der Waals surface area contributed by atoms with Crippen molar-refractivity contribution in [3.63, 3.8) is 0 Å². The number of nitrogens with two attached hydrogens (primary N) is 1. The molecule has 7 nitrogen and oxygen atoms in total. The number of thioether (sulfide) groups is 1. The normalized spacial score (nSPS) is 17.0. The van der Waals surface area contributed by atoms with Crippen LogP contribution in [0, 0.1) is 13.8 Å². The second-order valence-electron chi connectivity index (χ2n) is 6.95. The minimum absolute atomic E-state index is 0.0530. The van der Waals surface area contributed by atoms with Gasteiger partial charge in [-0.05, 0) is 48.6 Å². The maximum atomic E-state index is 12.9. The summed E-state index contributed by atoms with van der Waals surface area (Å²) in [5.41, 5.74) is 8.23. The van der Waals surface area contributed by atoms with Gasteiger partial charge in [0.05, 0.1) is 18.3 Å². The van der Waals surface area contributed by atoms with Gasteiger partial charge in [-0.2, -0.15) is 0 Å². The largest absolute Gasteiger partial charge is 0.352 e. The number of amides is 4. The molecule has 2 heterocycles. The van der Waals surface area contributed by atoms with Crippen molar-refractivity contribution in [3.05, 3.63) is 51.7 Å². The first-order valence-electron chi connectivity index (χ1n) is 9.20. The smallest absolute Gasteiger partial charge is 0.312 e. The van der Waals surface area contributed by atoms with Crippen molar-refractivity contribution in [3.8, 4) is 0 Å². The molecule has 9 heteroatoms. The van der Waals surface area contributed by atoms with E-state index in [1.165, 1.54) is 23.1 Å². The van der Waals surface area contributed by atoms with Gasteiger partial charge >= 0.3 is 6.03 Å². The maximum absolute atomic E-state index is 12.9. The van der Waals surface area contributed by atoms with Crippen LogP contribution in [0.1, 0.15) is 28.5 Å². The zero-order valence-corrected chi connectivity index (χ0v) is 17.9. The van der Waals surface area contributed by atoms with E-state index in [0.717, 1.165) is 16.0 Å². The highest BCUT2D eigenvalue weighted by molar-refractivity contribution is 7.99. The topological polar surface area (TPSA) is 105 Å². The number of nitrogens with one attached hydrogen (secondary N) is 2. The number of hydrogen-bond acceptors (Lipinski definition) is 5. The van der Waals surface area contributed by atoms with Crippen LogP contribution in [0.3, 0.4) is 0 Å². The van der Waals surface area contributed by atoms with E-state index >= 15 is 0 Å². The first kappa shape index (κ1) is 21.2. The summed E-state index contributed by atoms with van der Waals surface area (Å²) in [7, 11) is 0. The number of thiophene rings is 1. The molecule has 1 aromatic carbocycles. The molecule has 1 fully saturated rings. The number of rotatable bonds is 6. The Morgan fingerprint density at radius 2 is 2.03 bits per heavy atom. The summed E-state index contributed by atoms with van der Waals surface area (Å²) in [4.78, 5) is 39.5. The van der Waals surface area contributed by atoms with Crippen LogP contribution in [0.5, 0.6) is 0 Å². The average molecular weight is 433 g/mol. The third-order valence-corrected chi connectivity index (χ3v) is 6.86. The SMILES string of the molecule is Cc1ccc(NC(=O)C2CSCN2C(=O)CC(NC(N)=O)c2cccs2)cc1C. The van der Waals surface area contributed by atoms with E-state index in [1.54, 1.807) is 4.90 Å². The molecular weight excluding hydrogens is 408 g/mol. The van der Waals surface area contributed by atoms with Crippen LogP contribution in [0.25, 0.3) is 0 Å². The van der Waals surface area contributed by atoms with Crippen LogP contribution in [-0.4, -0.2) is 40.4 Å². The standard InChI is InChI=1S/C20H24N4O3S2/c1-12-5-6-14(8-13(12)2)22-19(26)16-10-28-11-24(16)18(25)9-15(23-20(21)27)17-4-3-7-29-17/h3-8,15-16H,9-11H2,1-2H3,(H,22,26)(H3,21,23,27). The van der Waals surface area contributed by atoms with E-state index in [1.807, 2.05) is 49.6 Å². The first-order chi connectivity index (χ1) is 13.8. The van der Waals surface area contributed by atoms with E-state index in [2.05, 4.69) is 10.6 Å². The minimum Gasteiger partial charge on any atom is -0.352 e. The summed E-state index contributed by atoms with van der Waals surface area (Å²) in [5.74, 6) is 0.580. The van der Waals surface area contributed by atoms with Crippen molar-refractivity contribution >= 4 is 46.6 Å². The van der Waals surface area contributed by atoms with Gasteiger partial charge in [-0.15, -0.1) is 23.1 Å². The number of aryl methyl sites for hydroxylation is 2. The Morgan fingerprint density at radius 3 is 2.69 bits per heavy atom.